The second-order valence-corrected chi connectivity index (χ2v) is 6.77. The van der Waals surface area contributed by atoms with Gasteiger partial charge in [-0.25, -0.2) is 4.79 Å². The lowest BCUT2D eigenvalue weighted by molar-refractivity contribution is -0.384. The van der Waals surface area contributed by atoms with Gasteiger partial charge in [0.25, 0.3) is 0 Å². The van der Waals surface area contributed by atoms with Crippen molar-refractivity contribution in [2.75, 3.05) is 29.1 Å². The van der Waals surface area contributed by atoms with Crippen LogP contribution in [-0.4, -0.2) is 45.1 Å². The Hall–Kier alpha value is -1.41. The molecule has 1 aromatic rings. The molecule has 20 heavy (non-hydrogen) atoms. The molecule has 1 aliphatic rings. The van der Waals surface area contributed by atoms with Crippen LogP contribution >= 0.6 is 23.5 Å². The molecule has 1 aliphatic heterocycles. The molecule has 0 radical (unpaired) electrons. The molecule has 0 aromatic heterocycles. The Morgan fingerprint density at radius 3 is 2.90 bits per heavy atom. The molecule has 6 nitrogen and oxygen atoms in total. The summed E-state index contributed by atoms with van der Waals surface area (Å²) in [6, 6.07) is 4.31. The fraction of sp³-hybridized carbons (Fsp3) is 0.417. The van der Waals surface area contributed by atoms with E-state index in [1.807, 2.05) is 23.5 Å². The van der Waals surface area contributed by atoms with Crippen LogP contribution in [-0.2, 0) is 0 Å². The highest BCUT2D eigenvalue weighted by Gasteiger charge is 2.24. The number of rotatable bonds is 5. The minimum atomic E-state index is -1.29. The number of nitrogens with one attached hydrogen (secondary N) is 1. The highest BCUT2D eigenvalue weighted by molar-refractivity contribution is 8.06. The van der Waals surface area contributed by atoms with E-state index in [-0.39, 0.29) is 16.9 Å². The van der Waals surface area contributed by atoms with E-state index < -0.39 is 10.9 Å². The smallest absolute Gasteiger partial charge is 0.342 e. The van der Waals surface area contributed by atoms with Crippen LogP contribution in [0.4, 0.5) is 11.4 Å². The molecule has 1 aromatic carbocycles. The topological polar surface area (TPSA) is 92.5 Å². The molecule has 0 amide bonds. The Morgan fingerprint density at radius 2 is 2.30 bits per heavy atom. The SMILES string of the molecule is O=C(O)c1cccc(NCC2CSCCS2)c1[N+](=O)[O-]. The number of aromatic carboxylic acids is 1. The first kappa shape index (κ1) is 15.0. The second-order valence-electron chi connectivity index (χ2n) is 4.21. The Bertz CT molecular complexity index is 518. The first-order valence-corrected chi connectivity index (χ1v) is 8.24. The van der Waals surface area contributed by atoms with Crippen LogP contribution < -0.4 is 5.32 Å². The van der Waals surface area contributed by atoms with Crippen molar-refractivity contribution in [3.63, 3.8) is 0 Å². The van der Waals surface area contributed by atoms with Crippen molar-refractivity contribution in [1.29, 1.82) is 0 Å². The minimum absolute atomic E-state index is 0.270. The van der Waals surface area contributed by atoms with Crippen LogP contribution in [0.1, 0.15) is 10.4 Å². The third-order valence-corrected chi connectivity index (χ3v) is 5.70. The number of nitro benzene ring substituents is 1. The van der Waals surface area contributed by atoms with Gasteiger partial charge in [0.05, 0.1) is 4.92 Å². The maximum Gasteiger partial charge on any atom is 0.342 e. The van der Waals surface area contributed by atoms with Gasteiger partial charge in [-0.15, -0.1) is 0 Å². The van der Waals surface area contributed by atoms with Gasteiger partial charge in [0.1, 0.15) is 11.3 Å². The summed E-state index contributed by atoms with van der Waals surface area (Å²) in [7, 11) is 0. The number of anilines is 1. The third kappa shape index (κ3) is 3.57. The van der Waals surface area contributed by atoms with Crippen molar-refractivity contribution in [2.45, 2.75) is 5.25 Å². The van der Waals surface area contributed by atoms with Crippen molar-refractivity contribution in [1.82, 2.24) is 0 Å². The average molecular weight is 314 g/mol. The summed E-state index contributed by atoms with van der Waals surface area (Å²) in [5.41, 5.74) is -0.384. The van der Waals surface area contributed by atoms with Gasteiger partial charge in [-0.2, -0.15) is 23.5 Å². The fourth-order valence-electron chi connectivity index (χ4n) is 1.93. The van der Waals surface area contributed by atoms with Gasteiger partial charge in [0.2, 0.25) is 0 Å². The molecule has 0 bridgehead atoms. The monoisotopic (exact) mass is 314 g/mol. The molecule has 1 fully saturated rings. The van der Waals surface area contributed by atoms with Crippen LogP contribution in [0, 0.1) is 10.1 Å². The number of thioether (sulfide) groups is 2. The summed E-state index contributed by atoms with van der Waals surface area (Å²) in [5.74, 6) is 1.93. The van der Waals surface area contributed by atoms with Crippen LogP contribution in [0.3, 0.4) is 0 Å². The molecule has 1 atom stereocenters. The predicted octanol–water partition coefficient (Wildman–Crippen LogP) is 2.55. The molecule has 1 unspecified atom stereocenters. The van der Waals surface area contributed by atoms with Crippen molar-refractivity contribution in [2.24, 2.45) is 0 Å². The molecule has 2 N–H and O–H groups in total. The lowest BCUT2D eigenvalue weighted by Gasteiger charge is -2.21. The summed E-state index contributed by atoms with van der Waals surface area (Å²) in [5, 5.41) is 23.5. The third-order valence-electron chi connectivity index (χ3n) is 2.85. The first-order valence-electron chi connectivity index (χ1n) is 6.03. The summed E-state index contributed by atoms with van der Waals surface area (Å²) in [4.78, 5) is 21.5. The maximum absolute atomic E-state index is 11.1. The predicted molar refractivity (Wildman–Crippen MR) is 82.1 cm³/mol. The van der Waals surface area contributed by atoms with Gasteiger partial charge in [0, 0.05) is 29.1 Å². The van der Waals surface area contributed by atoms with E-state index in [0.717, 1.165) is 17.3 Å². The van der Waals surface area contributed by atoms with Crippen molar-refractivity contribution >= 4 is 40.9 Å². The molecular formula is C12H14N2O4S2. The Kier molecular flexibility index (Phi) is 5.13. The molecule has 0 saturated carbocycles. The summed E-state index contributed by atoms with van der Waals surface area (Å²) in [6.07, 6.45) is 0. The largest absolute Gasteiger partial charge is 0.477 e. The number of nitrogens with zero attached hydrogens (tertiary/aromatic N) is 1. The number of para-hydroxylation sites is 1. The molecule has 1 saturated heterocycles. The minimum Gasteiger partial charge on any atom is -0.477 e. The van der Waals surface area contributed by atoms with Crippen LogP contribution in [0.5, 0.6) is 0 Å². The van der Waals surface area contributed by atoms with Gasteiger partial charge in [0.15, 0.2) is 0 Å². The molecular weight excluding hydrogens is 300 g/mol. The zero-order valence-corrected chi connectivity index (χ0v) is 12.2. The highest BCUT2D eigenvalue weighted by Crippen LogP contribution is 2.30. The van der Waals surface area contributed by atoms with Gasteiger partial charge in [-0.05, 0) is 12.1 Å². The van der Waals surface area contributed by atoms with E-state index in [0.29, 0.717) is 11.8 Å². The Labute approximate surface area is 124 Å². The average Bonchev–Trinajstić information content (AvgIpc) is 2.45. The Morgan fingerprint density at radius 1 is 1.50 bits per heavy atom. The highest BCUT2D eigenvalue weighted by atomic mass is 32.2. The molecule has 108 valence electrons. The van der Waals surface area contributed by atoms with Gasteiger partial charge < -0.3 is 10.4 Å². The zero-order chi connectivity index (χ0) is 14.5. The lowest BCUT2D eigenvalue weighted by Crippen LogP contribution is -2.23. The zero-order valence-electron chi connectivity index (χ0n) is 10.6. The molecule has 2 rings (SSSR count). The summed E-state index contributed by atoms with van der Waals surface area (Å²) >= 11 is 3.71. The van der Waals surface area contributed by atoms with Crippen molar-refractivity contribution in [3.8, 4) is 0 Å². The summed E-state index contributed by atoms with van der Waals surface area (Å²) < 4.78 is 0. The van der Waals surface area contributed by atoms with E-state index >= 15 is 0 Å². The fourth-order valence-corrected chi connectivity index (χ4v) is 4.55. The molecule has 0 spiro atoms. The normalized spacial score (nSPS) is 18.5. The molecule has 8 heteroatoms. The van der Waals surface area contributed by atoms with Crippen molar-refractivity contribution in [3.05, 3.63) is 33.9 Å². The van der Waals surface area contributed by atoms with E-state index in [2.05, 4.69) is 5.32 Å². The standard InChI is InChI=1S/C12H14N2O4S2/c15-12(16)9-2-1-3-10(11(9)14(17)18)13-6-8-7-19-4-5-20-8/h1-3,8,13H,4-7H2,(H,15,16). The van der Waals surface area contributed by atoms with Crippen molar-refractivity contribution < 1.29 is 14.8 Å². The number of carboxylic acid groups (broad SMARTS) is 1. The quantitative estimate of drug-likeness (QED) is 0.637. The molecule has 0 aliphatic carbocycles. The van der Waals surface area contributed by atoms with Gasteiger partial charge in [-0.3, -0.25) is 10.1 Å². The Balaban J connectivity index is 2.16. The second kappa shape index (κ2) is 6.85. The van der Waals surface area contributed by atoms with Crippen LogP contribution in [0.15, 0.2) is 18.2 Å². The molecule has 1 heterocycles. The van der Waals surface area contributed by atoms with E-state index in [9.17, 15) is 14.9 Å². The number of carboxylic acids is 1. The van der Waals surface area contributed by atoms with E-state index in [1.165, 1.54) is 12.1 Å². The van der Waals surface area contributed by atoms with E-state index in [1.54, 1.807) is 6.07 Å². The van der Waals surface area contributed by atoms with Gasteiger partial charge in [-0.1, -0.05) is 6.07 Å². The lowest BCUT2D eigenvalue weighted by atomic mass is 10.1. The maximum atomic E-state index is 11.1. The number of nitro groups is 1. The number of benzene rings is 1. The van der Waals surface area contributed by atoms with E-state index in [4.69, 9.17) is 5.11 Å². The van der Waals surface area contributed by atoms with Crippen LogP contribution in [0.2, 0.25) is 0 Å². The number of hydrogen-bond acceptors (Lipinski definition) is 6. The number of carbonyl (C=O) groups is 1. The summed E-state index contributed by atoms with van der Waals surface area (Å²) in [6.45, 7) is 0.599. The first-order chi connectivity index (χ1) is 9.59. The van der Waals surface area contributed by atoms with Gasteiger partial charge >= 0.3 is 11.7 Å². The number of hydrogen-bond donors (Lipinski definition) is 2. The van der Waals surface area contributed by atoms with Crippen LogP contribution in [0.25, 0.3) is 0 Å².